The summed E-state index contributed by atoms with van der Waals surface area (Å²) < 4.78 is 34.6. The number of ether oxygens (including phenoxy) is 1. The zero-order valence-electron chi connectivity index (χ0n) is 19.7. The van der Waals surface area contributed by atoms with Gasteiger partial charge in [0.05, 0.1) is 22.5 Å². The number of fused-ring (bicyclic) bond motifs is 1. The number of aryl methyl sites for hydroxylation is 2. The van der Waals surface area contributed by atoms with Crippen LogP contribution in [0.15, 0.2) is 47.4 Å². The van der Waals surface area contributed by atoms with E-state index < -0.39 is 10.0 Å². The molecule has 0 spiro atoms. The molecular weight excluding hydrogens is 440 g/mol. The first-order valence-corrected chi connectivity index (χ1v) is 12.7. The van der Waals surface area contributed by atoms with Gasteiger partial charge in [0.2, 0.25) is 15.9 Å². The standard InChI is InChI=1S/C24H32N4O4S/c1-5-15-32-19-10-8-9-18(16-19)25-24(29)14-13-23-26-21-17-20(11-12-22(21)27(23)4)33(30,31)28(6-2)7-3/h8-12,16-17H,5-7,13-15H2,1-4H3,(H,25,29). The molecule has 3 aromatic rings. The predicted octanol–water partition coefficient (Wildman–Crippen LogP) is 3.96. The summed E-state index contributed by atoms with van der Waals surface area (Å²) >= 11 is 0. The van der Waals surface area contributed by atoms with Crippen molar-refractivity contribution in [3.05, 3.63) is 48.3 Å². The second-order valence-electron chi connectivity index (χ2n) is 7.75. The molecule has 2 aromatic carbocycles. The number of nitrogens with one attached hydrogen (secondary N) is 1. The number of carbonyl (C=O) groups is 1. The summed E-state index contributed by atoms with van der Waals surface area (Å²) in [4.78, 5) is 17.3. The van der Waals surface area contributed by atoms with Gasteiger partial charge < -0.3 is 14.6 Å². The molecule has 0 unspecified atom stereocenters. The van der Waals surface area contributed by atoms with Crippen LogP contribution in [0.25, 0.3) is 11.0 Å². The number of rotatable bonds is 11. The summed E-state index contributed by atoms with van der Waals surface area (Å²) in [6.07, 6.45) is 1.60. The van der Waals surface area contributed by atoms with E-state index in [4.69, 9.17) is 4.74 Å². The maximum Gasteiger partial charge on any atom is 0.243 e. The van der Waals surface area contributed by atoms with Crippen molar-refractivity contribution >= 4 is 32.7 Å². The van der Waals surface area contributed by atoms with Crippen LogP contribution in [0.3, 0.4) is 0 Å². The number of carbonyl (C=O) groups excluding carboxylic acids is 1. The monoisotopic (exact) mass is 472 g/mol. The molecule has 0 atom stereocenters. The molecule has 1 aromatic heterocycles. The first-order valence-electron chi connectivity index (χ1n) is 11.3. The van der Waals surface area contributed by atoms with Crippen LogP contribution >= 0.6 is 0 Å². The number of amides is 1. The van der Waals surface area contributed by atoms with Crippen molar-refractivity contribution in [1.82, 2.24) is 13.9 Å². The lowest BCUT2D eigenvalue weighted by Gasteiger charge is -2.18. The third-order valence-electron chi connectivity index (χ3n) is 5.45. The predicted molar refractivity (Wildman–Crippen MR) is 130 cm³/mol. The lowest BCUT2D eigenvalue weighted by molar-refractivity contribution is -0.116. The molecule has 0 aliphatic heterocycles. The van der Waals surface area contributed by atoms with Crippen molar-refractivity contribution in [2.45, 2.75) is 44.9 Å². The molecule has 33 heavy (non-hydrogen) atoms. The second-order valence-corrected chi connectivity index (χ2v) is 9.69. The van der Waals surface area contributed by atoms with E-state index in [0.717, 1.165) is 23.5 Å². The molecule has 1 amide bonds. The van der Waals surface area contributed by atoms with Gasteiger partial charge in [0.25, 0.3) is 0 Å². The Morgan fingerprint density at radius 3 is 2.58 bits per heavy atom. The van der Waals surface area contributed by atoms with Crippen LogP contribution in [-0.2, 0) is 28.3 Å². The van der Waals surface area contributed by atoms with Gasteiger partial charge in [-0.15, -0.1) is 0 Å². The minimum absolute atomic E-state index is 0.125. The van der Waals surface area contributed by atoms with Crippen LogP contribution in [0.4, 0.5) is 5.69 Å². The topological polar surface area (TPSA) is 93.5 Å². The zero-order chi connectivity index (χ0) is 24.0. The summed E-state index contributed by atoms with van der Waals surface area (Å²) in [5.74, 6) is 1.32. The molecule has 0 aliphatic rings. The smallest absolute Gasteiger partial charge is 0.243 e. The summed E-state index contributed by atoms with van der Waals surface area (Å²) in [6.45, 7) is 7.12. The Bertz CT molecular complexity index is 1220. The second kappa shape index (κ2) is 10.8. The molecule has 178 valence electrons. The lowest BCUT2D eigenvalue weighted by atomic mass is 10.2. The number of benzene rings is 2. The number of hydrogen-bond acceptors (Lipinski definition) is 5. The SMILES string of the molecule is CCCOc1cccc(NC(=O)CCc2nc3cc(S(=O)(=O)N(CC)CC)ccc3n2C)c1. The maximum absolute atomic E-state index is 12.8. The molecule has 8 nitrogen and oxygen atoms in total. The van der Waals surface area contributed by atoms with Gasteiger partial charge >= 0.3 is 0 Å². The highest BCUT2D eigenvalue weighted by Crippen LogP contribution is 2.23. The van der Waals surface area contributed by atoms with Crippen molar-refractivity contribution in [2.24, 2.45) is 7.05 Å². The third-order valence-corrected chi connectivity index (χ3v) is 7.50. The third kappa shape index (κ3) is 5.72. The van der Waals surface area contributed by atoms with E-state index in [1.807, 2.05) is 50.6 Å². The van der Waals surface area contributed by atoms with E-state index >= 15 is 0 Å². The highest BCUT2D eigenvalue weighted by Gasteiger charge is 2.22. The Morgan fingerprint density at radius 1 is 1.12 bits per heavy atom. The van der Waals surface area contributed by atoms with E-state index in [-0.39, 0.29) is 17.2 Å². The van der Waals surface area contributed by atoms with Gasteiger partial charge in [-0.3, -0.25) is 4.79 Å². The molecule has 3 rings (SSSR count). The molecule has 0 radical (unpaired) electrons. The number of imidazole rings is 1. The Morgan fingerprint density at radius 2 is 1.88 bits per heavy atom. The molecule has 1 heterocycles. The normalized spacial score (nSPS) is 11.8. The minimum Gasteiger partial charge on any atom is -0.494 e. The van der Waals surface area contributed by atoms with Crippen molar-refractivity contribution in [2.75, 3.05) is 25.0 Å². The van der Waals surface area contributed by atoms with Gasteiger partial charge in [0.1, 0.15) is 11.6 Å². The zero-order valence-corrected chi connectivity index (χ0v) is 20.5. The summed E-state index contributed by atoms with van der Waals surface area (Å²) in [5.41, 5.74) is 2.11. The van der Waals surface area contributed by atoms with Crippen LogP contribution < -0.4 is 10.1 Å². The maximum atomic E-state index is 12.8. The summed E-state index contributed by atoms with van der Waals surface area (Å²) in [7, 11) is -1.69. The van der Waals surface area contributed by atoms with Crippen LogP contribution in [-0.4, -0.2) is 47.9 Å². The van der Waals surface area contributed by atoms with Crippen molar-refractivity contribution in [1.29, 1.82) is 0 Å². The molecule has 0 fully saturated rings. The Kier molecular flexibility index (Phi) is 8.10. The van der Waals surface area contributed by atoms with Crippen molar-refractivity contribution < 1.29 is 17.9 Å². The van der Waals surface area contributed by atoms with E-state index in [0.29, 0.717) is 37.3 Å². The number of anilines is 1. The van der Waals surface area contributed by atoms with Crippen molar-refractivity contribution in [3.63, 3.8) is 0 Å². The van der Waals surface area contributed by atoms with Gasteiger partial charge in [0.15, 0.2) is 0 Å². The number of hydrogen-bond donors (Lipinski definition) is 1. The minimum atomic E-state index is -3.56. The number of sulfonamides is 1. The van der Waals surface area contributed by atoms with Gasteiger partial charge in [-0.05, 0) is 36.8 Å². The number of aromatic nitrogens is 2. The molecule has 0 saturated carbocycles. The molecular formula is C24H32N4O4S. The molecule has 0 saturated heterocycles. The van der Waals surface area contributed by atoms with E-state index in [9.17, 15) is 13.2 Å². The van der Waals surface area contributed by atoms with Crippen molar-refractivity contribution in [3.8, 4) is 5.75 Å². The first kappa shape index (κ1) is 24.7. The Labute approximate surface area is 195 Å². The fourth-order valence-corrected chi connectivity index (χ4v) is 5.14. The highest BCUT2D eigenvalue weighted by molar-refractivity contribution is 7.89. The number of nitrogens with zero attached hydrogens (tertiary/aromatic N) is 3. The molecule has 1 N–H and O–H groups in total. The fraction of sp³-hybridized carbons (Fsp3) is 0.417. The van der Waals surface area contributed by atoms with E-state index in [1.54, 1.807) is 24.3 Å². The summed E-state index contributed by atoms with van der Waals surface area (Å²) in [5, 5.41) is 2.90. The van der Waals surface area contributed by atoms with Gasteiger partial charge in [-0.25, -0.2) is 13.4 Å². The largest absolute Gasteiger partial charge is 0.494 e. The Balaban J connectivity index is 1.71. The van der Waals surface area contributed by atoms with Gasteiger partial charge in [-0.1, -0.05) is 26.8 Å². The summed E-state index contributed by atoms with van der Waals surface area (Å²) in [6, 6.07) is 12.3. The average Bonchev–Trinajstić information content (AvgIpc) is 3.12. The quantitative estimate of drug-likeness (QED) is 0.456. The molecule has 0 bridgehead atoms. The first-order chi connectivity index (χ1) is 15.8. The Hall–Kier alpha value is -2.91. The van der Waals surface area contributed by atoms with Gasteiger partial charge in [-0.2, -0.15) is 4.31 Å². The van der Waals surface area contributed by atoms with E-state index in [1.165, 1.54) is 4.31 Å². The van der Waals surface area contributed by atoms with Crippen LogP contribution in [0.5, 0.6) is 5.75 Å². The molecule has 0 aliphatic carbocycles. The average molecular weight is 473 g/mol. The fourth-order valence-electron chi connectivity index (χ4n) is 3.66. The molecule has 9 heteroatoms. The highest BCUT2D eigenvalue weighted by atomic mass is 32.2. The lowest BCUT2D eigenvalue weighted by Crippen LogP contribution is -2.30. The van der Waals surface area contributed by atoms with Gasteiger partial charge in [0, 0.05) is 44.7 Å². The van der Waals surface area contributed by atoms with Crippen LogP contribution in [0, 0.1) is 0 Å². The van der Waals surface area contributed by atoms with Crippen LogP contribution in [0.1, 0.15) is 39.4 Å². The van der Waals surface area contributed by atoms with Crippen LogP contribution in [0.2, 0.25) is 0 Å². The van der Waals surface area contributed by atoms with E-state index in [2.05, 4.69) is 10.3 Å².